The van der Waals surface area contributed by atoms with Gasteiger partial charge >= 0.3 is 6.18 Å². The molecule has 0 N–H and O–H groups in total. The second kappa shape index (κ2) is 6.21. The summed E-state index contributed by atoms with van der Waals surface area (Å²) in [7, 11) is 0. The molecule has 3 atom stereocenters. The zero-order valence-electron chi connectivity index (χ0n) is 9.10. The van der Waals surface area contributed by atoms with Crippen molar-refractivity contribution in [2.45, 2.75) is 49.4 Å². The minimum Gasteiger partial charge on any atom is -0.375 e. The zero-order valence-corrected chi connectivity index (χ0v) is 10.7. The van der Waals surface area contributed by atoms with Gasteiger partial charge in [0.1, 0.15) is 0 Å². The lowest BCUT2D eigenvalue weighted by Crippen LogP contribution is -2.51. The van der Waals surface area contributed by atoms with Crippen LogP contribution in [0.1, 0.15) is 26.2 Å². The normalized spacial score (nSPS) is 30.2. The van der Waals surface area contributed by atoms with Crippen molar-refractivity contribution in [3.05, 3.63) is 0 Å². The standard InChI is InChI=1S/C10H16BrF3O2/c1-2-4-16-9-7(11)6-8(9)15-5-3-10(12,13)14/h7-9H,2-6H2,1H3. The van der Waals surface area contributed by atoms with Crippen LogP contribution < -0.4 is 0 Å². The predicted octanol–water partition coefficient (Wildman–Crippen LogP) is 3.29. The molecule has 3 unspecified atom stereocenters. The molecular formula is C10H16BrF3O2. The first-order valence-corrected chi connectivity index (χ1v) is 6.29. The Morgan fingerprint density at radius 2 is 1.94 bits per heavy atom. The summed E-state index contributed by atoms with van der Waals surface area (Å²) in [6.45, 7) is 2.33. The summed E-state index contributed by atoms with van der Waals surface area (Å²) in [5, 5.41) is 0. The molecule has 1 fully saturated rings. The highest BCUT2D eigenvalue weighted by Gasteiger charge is 2.41. The van der Waals surface area contributed by atoms with E-state index in [0.717, 1.165) is 6.42 Å². The molecule has 1 aliphatic rings. The van der Waals surface area contributed by atoms with E-state index in [2.05, 4.69) is 15.9 Å². The van der Waals surface area contributed by atoms with E-state index in [9.17, 15) is 13.2 Å². The topological polar surface area (TPSA) is 18.5 Å². The molecule has 2 nitrogen and oxygen atoms in total. The second-order valence-electron chi connectivity index (χ2n) is 3.86. The summed E-state index contributed by atoms with van der Waals surface area (Å²) in [6, 6.07) is 0. The minimum atomic E-state index is -4.14. The summed E-state index contributed by atoms with van der Waals surface area (Å²) >= 11 is 3.40. The van der Waals surface area contributed by atoms with Crippen LogP contribution in [0.5, 0.6) is 0 Å². The van der Waals surface area contributed by atoms with E-state index in [-0.39, 0.29) is 23.6 Å². The molecule has 1 saturated carbocycles. The van der Waals surface area contributed by atoms with Gasteiger partial charge in [-0.25, -0.2) is 0 Å². The van der Waals surface area contributed by atoms with E-state index >= 15 is 0 Å². The fourth-order valence-corrected chi connectivity index (χ4v) is 2.34. The van der Waals surface area contributed by atoms with Gasteiger partial charge in [0.15, 0.2) is 0 Å². The van der Waals surface area contributed by atoms with Gasteiger partial charge in [0.05, 0.1) is 25.2 Å². The van der Waals surface area contributed by atoms with Crippen molar-refractivity contribution in [3.8, 4) is 0 Å². The Kier molecular flexibility index (Phi) is 5.53. The molecule has 16 heavy (non-hydrogen) atoms. The number of hydrogen-bond donors (Lipinski definition) is 0. The van der Waals surface area contributed by atoms with Crippen molar-refractivity contribution >= 4 is 15.9 Å². The van der Waals surface area contributed by atoms with Crippen molar-refractivity contribution in [1.29, 1.82) is 0 Å². The molecule has 0 aliphatic heterocycles. The fraction of sp³-hybridized carbons (Fsp3) is 1.00. The van der Waals surface area contributed by atoms with Gasteiger partial charge in [-0.15, -0.1) is 0 Å². The highest BCUT2D eigenvalue weighted by Crippen LogP contribution is 2.34. The van der Waals surface area contributed by atoms with E-state index in [4.69, 9.17) is 9.47 Å². The van der Waals surface area contributed by atoms with Gasteiger partial charge in [-0.3, -0.25) is 0 Å². The minimum absolute atomic E-state index is 0.104. The summed E-state index contributed by atoms with van der Waals surface area (Å²) in [5.74, 6) is 0. The Labute approximate surface area is 102 Å². The van der Waals surface area contributed by atoms with Crippen molar-refractivity contribution in [2.24, 2.45) is 0 Å². The quantitative estimate of drug-likeness (QED) is 0.701. The van der Waals surface area contributed by atoms with Crippen molar-refractivity contribution < 1.29 is 22.6 Å². The highest BCUT2D eigenvalue weighted by atomic mass is 79.9. The monoisotopic (exact) mass is 304 g/mol. The first-order valence-electron chi connectivity index (χ1n) is 5.38. The predicted molar refractivity (Wildman–Crippen MR) is 57.8 cm³/mol. The molecule has 0 aromatic carbocycles. The van der Waals surface area contributed by atoms with E-state index in [1.54, 1.807) is 0 Å². The molecule has 96 valence electrons. The maximum atomic E-state index is 11.9. The highest BCUT2D eigenvalue weighted by molar-refractivity contribution is 9.09. The Morgan fingerprint density at radius 1 is 1.25 bits per heavy atom. The molecule has 0 bridgehead atoms. The second-order valence-corrected chi connectivity index (χ2v) is 5.04. The van der Waals surface area contributed by atoms with Gasteiger partial charge in [-0.2, -0.15) is 13.2 Å². The maximum Gasteiger partial charge on any atom is 0.391 e. The average Bonchev–Trinajstić information content (AvgIpc) is 2.15. The van der Waals surface area contributed by atoms with Crippen LogP contribution in [0.3, 0.4) is 0 Å². The lowest BCUT2D eigenvalue weighted by Gasteiger charge is -2.40. The molecule has 0 spiro atoms. The van der Waals surface area contributed by atoms with E-state index in [0.29, 0.717) is 13.0 Å². The maximum absolute atomic E-state index is 11.9. The first-order chi connectivity index (χ1) is 7.44. The van der Waals surface area contributed by atoms with E-state index < -0.39 is 12.6 Å². The summed E-state index contributed by atoms with van der Waals surface area (Å²) in [5.41, 5.74) is 0. The smallest absolute Gasteiger partial charge is 0.375 e. The summed E-state index contributed by atoms with van der Waals surface area (Å²) in [6.07, 6.45) is -3.72. The van der Waals surface area contributed by atoms with Crippen LogP contribution in [-0.2, 0) is 9.47 Å². The van der Waals surface area contributed by atoms with Crippen LogP contribution in [0.15, 0.2) is 0 Å². The third kappa shape index (κ3) is 4.59. The van der Waals surface area contributed by atoms with Crippen LogP contribution in [-0.4, -0.2) is 36.4 Å². The molecule has 0 aromatic rings. The van der Waals surface area contributed by atoms with Crippen molar-refractivity contribution in [2.75, 3.05) is 13.2 Å². The van der Waals surface area contributed by atoms with Crippen LogP contribution in [0, 0.1) is 0 Å². The molecule has 1 rings (SSSR count). The Morgan fingerprint density at radius 3 is 2.44 bits per heavy atom. The van der Waals surface area contributed by atoms with Crippen LogP contribution in [0.25, 0.3) is 0 Å². The Balaban J connectivity index is 2.17. The number of halogens is 4. The number of ether oxygens (including phenoxy) is 2. The number of rotatable bonds is 6. The third-order valence-electron chi connectivity index (χ3n) is 2.41. The molecule has 0 saturated heterocycles. The SMILES string of the molecule is CCCOC1C(Br)CC1OCCC(F)(F)F. The van der Waals surface area contributed by atoms with Gasteiger partial charge in [0, 0.05) is 11.4 Å². The largest absolute Gasteiger partial charge is 0.391 e. The van der Waals surface area contributed by atoms with Crippen LogP contribution >= 0.6 is 15.9 Å². The summed E-state index contributed by atoms with van der Waals surface area (Å²) < 4.78 is 46.3. The summed E-state index contributed by atoms with van der Waals surface area (Å²) in [4.78, 5) is 0.204. The molecular weight excluding hydrogens is 289 g/mol. The molecule has 1 aliphatic carbocycles. The molecule has 0 amide bonds. The Bertz CT molecular complexity index is 211. The zero-order chi connectivity index (χ0) is 12.2. The molecule has 0 radical (unpaired) electrons. The fourth-order valence-electron chi connectivity index (χ4n) is 1.48. The van der Waals surface area contributed by atoms with E-state index in [1.165, 1.54) is 0 Å². The van der Waals surface area contributed by atoms with Gasteiger partial charge in [-0.1, -0.05) is 22.9 Å². The van der Waals surface area contributed by atoms with Gasteiger partial charge in [0.25, 0.3) is 0 Å². The number of hydrogen-bond acceptors (Lipinski definition) is 2. The van der Waals surface area contributed by atoms with Crippen LogP contribution in [0.2, 0.25) is 0 Å². The molecule has 0 aromatic heterocycles. The van der Waals surface area contributed by atoms with Crippen molar-refractivity contribution in [1.82, 2.24) is 0 Å². The molecule has 6 heteroatoms. The molecule has 0 heterocycles. The first kappa shape index (κ1) is 14.3. The lowest BCUT2D eigenvalue weighted by atomic mass is 9.91. The average molecular weight is 305 g/mol. The van der Waals surface area contributed by atoms with Crippen molar-refractivity contribution in [3.63, 3.8) is 0 Å². The lowest BCUT2D eigenvalue weighted by molar-refractivity contribution is -0.168. The van der Waals surface area contributed by atoms with Crippen LogP contribution in [0.4, 0.5) is 13.2 Å². The van der Waals surface area contributed by atoms with Gasteiger partial charge in [0.2, 0.25) is 0 Å². The number of alkyl halides is 4. The third-order valence-corrected chi connectivity index (χ3v) is 3.31. The van der Waals surface area contributed by atoms with Gasteiger partial charge < -0.3 is 9.47 Å². The Hall–Kier alpha value is 0.190. The van der Waals surface area contributed by atoms with E-state index in [1.807, 2.05) is 6.92 Å². The van der Waals surface area contributed by atoms with Gasteiger partial charge in [-0.05, 0) is 12.8 Å².